The number of hydrogen-bond acceptors (Lipinski definition) is 4. The van der Waals surface area contributed by atoms with Crippen molar-refractivity contribution in [3.05, 3.63) is 22.8 Å². The van der Waals surface area contributed by atoms with E-state index in [0.717, 1.165) is 6.42 Å². The van der Waals surface area contributed by atoms with Gasteiger partial charge < -0.3 is 14.6 Å². The molecule has 1 N–H and O–H groups in total. The summed E-state index contributed by atoms with van der Waals surface area (Å²) in [7, 11) is 1.67. The van der Waals surface area contributed by atoms with Gasteiger partial charge in [0.05, 0.1) is 23.8 Å². The normalized spacial score (nSPS) is 11.6. The monoisotopic (exact) mass is 259 g/mol. The van der Waals surface area contributed by atoms with Gasteiger partial charge in [0.2, 0.25) is 5.88 Å². The molecule has 0 aromatic carbocycles. The maximum atomic E-state index is 9.05. The summed E-state index contributed by atoms with van der Waals surface area (Å²) >= 11 is 5.83. The zero-order chi connectivity index (χ0) is 12.9. The minimum absolute atomic E-state index is 0.124. The van der Waals surface area contributed by atoms with Crippen LogP contribution in [-0.4, -0.2) is 29.4 Å². The van der Waals surface area contributed by atoms with Crippen LogP contribution in [0.2, 0.25) is 5.02 Å². The van der Waals surface area contributed by atoms with Gasteiger partial charge in [0.1, 0.15) is 0 Å². The van der Waals surface area contributed by atoms with Crippen molar-refractivity contribution >= 4 is 11.6 Å². The SMILES string of the molecule is COC(C)(C)CCOc1cc(CO)c(Cl)cn1. The third-order valence-electron chi connectivity index (χ3n) is 2.59. The molecular weight excluding hydrogens is 242 g/mol. The molecule has 17 heavy (non-hydrogen) atoms. The van der Waals surface area contributed by atoms with Gasteiger partial charge >= 0.3 is 0 Å². The third kappa shape index (κ3) is 4.50. The van der Waals surface area contributed by atoms with Crippen LogP contribution < -0.4 is 4.74 Å². The Bertz CT molecular complexity index is 369. The summed E-state index contributed by atoms with van der Waals surface area (Å²) in [4.78, 5) is 4.03. The fourth-order valence-corrected chi connectivity index (χ4v) is 1.33. The van der Waals surface area contributed by atoms with Crippen molar-refractivity contribution in [1.82, 2.24) is 4.98 Å². The lowest BCUT2D eigenvalue weighted by Gasteiger charge is -2.22. The molecule has 5 heteroatoms. The number of ether oxygens (including phenoxy) is 2. The first kappa shape index (κ1) is 14.2. The van der Waals surface area contributed by atoms with Crippen molar-refractivity contribution in [2.24, 2.45) is 0 Å². The van der Waals surface area contributed by atoms with E-state index in [4.69, 9.17) is 26.2 Å². The van der Waals surface area contributed by atoms with E-state index in [1.165, 1.54) is 6.20 Å². The Morgan fingerprint density at radius 3 is 2.76 bits per heavy atom. The summed E-state index contributed by atoms with van der Waals surface area (Å²) in [6, 6.07) is 1.64. The molecular formula is C12H18ClNO3. The Kier molecular flexibility index (Phi) is 5.18. The summed E-state index contributed by atoms with van der Waals surface area (Å²) in [6.07, 6.45) is 2.23. The van der Waals surface area contributed by atoms with Crippen LogP contribution in [0, 0.1) is 0 Å². The van der Waals surface area contributed by atoms with Crippen LogP contribution in [0.5, 0.6) is 5.88 Å². The average Bonchev–Trinajstić information content (AvgIpc) is 2.31. The third-order valence-corrected chi connectivity index (χ3v) is 2.93. The molecule has 0 spiro atoms. The van der Waals surface area contributed by atoms with Crippen LogP contribution in [0.15, 0.2) is 12.3 Å². The van der Waals surface area contributed by atoms with Gasteiger partial charge in [-0.15, -0.1) is 0 Å². The second-order valence-electron chi connectivity index (χ2n) is 4.33. The van der Waals surface area contributed by atoms with Crippen molar-refractivity contribution in [3.63, 3.8) is 0 Å². The number of pyridine rings is 1. The number of aromatic nitrogens is 1. The number of aliphatic hydroxyl groups is 1. The van der Waals surface area contributed by atoms with Crippen molar-refractivity contribution in [2.45, 2.75) is 32.5 Å². The molecule has 0 aliphatic carbocycles. The van der Waals surface area contributed by atoms with Gasteiger partial charge in [0.15, 0.2) is 0 Å². The summed E-state index contributed by atoms with van der Waals surface area (Å²) in [6.45, 7) is 4.36. The Morgan fingerprint density at radius 1 is 1.47 bits per heavy atom. The first-order chi connectivity index (χ1) is 7.98. The van der Waals surface area contributed by atoms with Gasteiger partial charge in [-0.1, -0.05) is 11.6 Å². The van der Waals surface area contributed by atoms with Crippen LogP contribution in [0.25, 0.3) is 0 Å². The van der Waals surface area contributed by atoms with E-state index in [9.17, 15) is 0 Å². The number of aliphatic hydroxyl groups excluding tert-OH is 1. The summed E-state index contributed by atoms with van der Waals surface area (Å²) < 4.78 is 10.8. The highest BCUT2D eigenvalue weighted by Crippen LogP contribution is 2.20. The molecule has 0 bridgehead atoms. The Morgan fingerprint density at radius 2 is 2.18 bits per heavy atom. The Labute approximate surface area is 107 Å². The largest absolute Gasteiger partial charge is 0.478 e. The first-order valence-electron chi connectivity index (χ1n) is 5.42. The lowest BCUT2D eigenvalue weighted by atomic mass is 10.1. The number of halogens is 1. The standard InChI is InChI=1S/C12H18ClNO3/c1-12(2,16-3)4-5-17-11-6-9(8-15)10(13)7-14-11/h6-7,15H,4-5,8H2,1-3H3. The molecule has 1 rings (SSSR count). The second kappa shape index (κ2) is 6.19. The molecule has 0 saturated carbocycles. The van der Waals surface area contributed by atoms with Gasteiger partial charge in [-0.2, -0.15) is 0 Å². The maximum Gasteiger partial charge on any atom is 0.213 e. The number of rotatable bonds is 6. The fourth-order valence-electron chi connectivity index (χ4n) is 1.16. The van der Waals surface area contributed by atoms with Gasteiger partial charge in [0, 0.05) is 31.4 Å². The van der Waals surface area contributed by atoms with E-state index < -0.39 is 0 Å². The molecule has 0 amide bonds. The topological polar surface area (TPSA) is 51.6 Å². The number of hydrogen-bond donors (Lipinski definition) is 1. The van der Waals surface area contributed by atoms with E-state index in [-0.39, 0.29) is 12.2 Å². The van der Waals surface area contributed by atoms with Crippen molar-refractivity contribution in [1.29, 1.82) is 0 Å². The van der Waals surface area contributed by atoms with E-state index in [2.05, 4.69) is 4.98 Å². The molecule has 0 saturated heterocycles. The minimum atomic E-state index is -0.216. The second-order valence-corrected chi connectivity index (χ2v) is 4.74. The van der Waals surface area contributed by atoms with E-state index >= 15 is 0 Å². The first-order valence-corrected chi connectivity index (χ1v) is 5.79. The summed E-state index contributed by atoms with van der Waals surface area (Å²) in [5.41, 5.74) is 0.398. The highest BCUT2D eigenvalue weighted by atomic mass is 35.5. The molecule has 1 aromatic heterocycles. The predicted octanol–water partition coefficient (Wildman–Crippen LogP) is 2.42. The van der Waals surface area contributed by atoms with Crippen molar-refractivity contribution in [2.75, 3.05) is 13.7 Å². The van der Waals surface area contributed by atoms with Crippen molar-refractivity contribution < 1.29 is 14.6 Å². The van der Waals surface area contributed by atoms with E-state index in [0.29, 0.717) is 23.1 Å². The average molecular weight is 260 g/mol. The summed E-state index contributed by atoms with van der Waals surface area (Å²) in [5, 5.41) is 9.49. The summed E-state index contributed by atoms with van der Waals surface area (Å²) in [5.74, 6) is 0.463. The zero-order valence-corrected chi connectivity index (χ0v) is 11.1. The maximum absolute atomic E-state index is 9.05. The van der Waals surface area contributed by atoms with Gasteiger partial charge in [-0.3, -0.25) is 0 Å². The van der Waals surface area contributed by atoms with Gasteiger partial charge in [0.25, 0.3) is 0 Å². The fraction of sp³-hybridized carbons (Fsp3) is 0.583. The van der Waals surface area contributed by atoms with Crippen molar-refractivity contribution in [3.8, 4) is 5.88 Å². The van der Waals surface area contributed by atoms with Crippen LogP contribution in [0.1, 0.15) is 25.8 Å². The molecule has 0 atom stereocenters. The molecule has 1 heterocycles. The van der Waals surface area contributed by atoms with E-state index in [1.54, 1.807) is 13.2 Å². The zero-order valence-electron chi connectivity index (χ0n) is 10.4. The molecule has 4 nitrogen and oxygen atoms in total. The van der Waals surface area contributed by atoms with Crippen LogP contribution >= 0.6 is 11.6 Å². The molecule has 0 fully saturated rings. The minimum Gasteiger partial charge on any atom is -0.478 e. The predicted molar refractivity (Wildman–Crippen MR) is 66.4 cm³/mol. The molecule has 0 aliphatic rings. The lowest BCUT2D eigenvalue weighted by molar-refractivity contribution is 0.00507. The van der Waals surface area contributed by atoms with E-state index in [1.807, 2.05) is 13.8 Å². The highest BCUT2D eigenvalue weighted by molar-refractivity contribution is 6.31. The Balaban J connectivity index is 2.53. The van der Waals surface area contributed by atoms with Crippen LogP contribution in [0.3, 0.4) is 0 Å². The van der Waals surface area contributed by atoms with Gasteiger partial charge in [-0.25, -0.2) is 4.98 Å². The van der Waals surface area contributed by atoms with Crippen LogP contribution in [0.4, 0.5) is 0 Å². The number of methoxy groups -OCH3 is 1. The molecule has 0 radical (unpaired) electrons. The molecule has 1 aromatic rings. The molecule has 0 aliphatic heterocycles. The highest BCUT2D eigenvalue weighted by Gasteiger charge is 2.16. The lowest BCUT2D eigenvalue weighted by Crippen LogP contribution is -2.25. The van der Waals surface area contributed by atoms with Crippen LogP contribution in [-0.2, 0) is 11.3 Å². The molecule has 96 valence electrons. The number of nitrogens with zero attached hydrogens (tertiary/aromatic N) is 1. The molecule has 0 unspecified atom stereocenters. The van der Waals surface area contributed by atoms with Gasteiger partial charge in [-0.05, 0) is 13.8 Å². The Hall–Kier alpha value is -0.840. The quantitative estimate of drug-likeness (QED) is 0.853. The smallest absolute Gasteiger partial charge is 0.213 e.